The molecule has 2 unspecified atom stereocenters. The third kappa shape index (κ3) is 62.8. The number of esters is 4. The second-order valence-corrected chi connectivity index (χ2v) is 28.3. The number of rotatable bonds is 69. The number of aliphatic hydroxyl groups is 1. The summed E-state index contributed by atoms with van der Waals surface area (Å²) in [6.45, 7) is 7.08. The Labute approximate surface area is 537 Å². The van der Waals surface area contributed by atoms with Crippen molar-refractivity contribution in [3.05, 3.63) is 0 Å². The van der Waals surface area contributed by atoms with Crippen LogP contribution in [0.25, 0.3) is 0 Å². The molecular weight excluding hydrogens is 1160 g/mol. The van der Waals surface area contributed by atoms with Crippen molar-refractivity contribution in [1.82, 2.24) is 0 Å². The minimum absolute atomic E-state index is 0.103. The average Bonchev–Trinajstić information content (AvgIpc) is 3.62. The van der Waals surface area contributed by atoms with Gasteiger partial charge >= 0.3 is 39.5 Å². The highest BCUT2D eigenvalue weighted by Crippen LogP contribution is 2.45. The standard InChI is InChI=1S/C69H134O17P2/c1-6-9-12-15-17-19-21-23-24-25-26-27-28-29-30-31-33-35-39-44-49-54-68(73)86-65(59-80-67(72)53-48-43-38-34-32-22-20-18-16-13-10-7-2)61-84-88(77,78)82-57-63(70)56-81-87(75,76)83-60-64(58-79-66(71)52-47-41-14-11-8-3)85-69(74)55-50-45-40-36-37-42-46-51-62(4)5/h62-65,70H,6-61H2,1-5H3,(H,75,76)(H,77,78)/t63-,64+,65+/m0/s1. The van der Waals surface area contributed by atoms with E-state index < -0.39 is 97.5 Å². The minimum atomic E-state index is -4.95. The predicted molar refractivity (Wildman–Crippen MR) is 354 cm³/mol. The summed E-state index contributed by atoms with van der Waals surface area (Å²) in [5.74, 6) is -1.44. The molecule has 0 aromatic rings. The Morgan fingerprint density at radius 1 is 0.307 bits per heavy atom. The third-order valence-electron chi connectivity index (χ3n) is 16.0. The average molecular weight is 1300 g/mol. The van der Waals surface area contributed by atoms with Gasteiger partial charge in [0.25, 0.3) is 0 Å². The van der Waals surface area contributed by atoms with Gasteiger partial charge in [-0.1, -0.05) is 304 Å². The number of hydrogen-bond donors (Lipinski definition) is 3. The van der Waals surface area contributed by atoms with Crippen LogP contribution in [0.3, 0.4) is 0 Å². The van der Waals surface area contributed by atoms with Crippen LogP contribution < -0.4 is 0 Å². The van der Waals surface area contributed by atoms with E-state index in [2.05, 4.69) is 34.6 Å². The van der Waals surface area contributed by atoms with Crippen LogP contribution in [0, 0.1) is 5.92 Å². The SMILES string of the molecule is CCCCCCCCCCCCCCCCCCCCCCCC(=O)O[C@H](COC(=O)CCCCCCCCCCCCCC)COP(=O)(O)OC[C@@H](O)COP(=O)(O)OC[C@@H](COC(=O)CCCCCCC)OC(=O)CCCCCCCCCC(C)C. The Bertz CT molecular complexity index is 1700. The lowest BCUT2D eigenvalue weighted by atomic mass is 10.0. The Morgan fingerprint density at radius 3 is 0.773 bits per heavy atom. The molecule has 0 aliphatic heterocycles. The van der Waals surface area contributed by atoms with Gasteiger partial charge in [0.15, 0.2) is 12.2 Å². The van der Waals surface area contributed by atoms with E-state index in [1.807, 2.05) is 0 Å². The number of ether oxygens (including phenoxy) is 4. The van der Waals surface area contributed by atoms with Gasteiger partial charge in [-0.25, -0.2) is 9.13 Å². The van der Waals surface area contributed by atoms with Crippen LogP contribution in [0.15, 0.2) is 0 Å². The summed E-state index contributed by atoms with van der Waals surface area (Å²) in [4.78, 5) is 72.1. The molecule has 0 saturated heterocycles. The molecule has 3 N–H and O–H groups in total. The van der Waals surface area contributed by atoms with Crippen molar-refractivity contribution in [1.29, 1.82) is 0 Å². The molecule has 0 heterocycles. The van der Waals surface area contributed by atoms with Gasteiger partial charge in [-0.2, -0.15) is 0 Å². The second-order valence-electron chi connectivity index (χ2n) is 25.4. The van der Waals surface area contributed by atoms with E-state index in [1.165, 1.54) is 173 Å². The van der Waals surface area contributed by atoms with E-state index >= 15 is 0 Å². The highest BCUT2D eigenvalue weighted by Gasteiger charge is 2.30. The number of unbranched alkanes of at least 4 members (excludes halogenated alkanes) is 41. The number of phosphoric ester groups is 2. The Balaban J connectivity index is 5.09. The fourth-order valence-corrected chi connectivity index (χ4v) is 12.0. The smallest absolute Gasteiger partial charge is 0.462 e. The molecule has 88 heavy (non-hydrogen) atoms. The van der Waals surface area contributed by atoms with Gasteiger partial charge in [0.2, 0.25) is 0 Å². The molecule has 0 aliphatic carbocycles. The van der Waals surface area contributed by atoms with Crippen molar-refractivity contribution >= 4 is 39.5 Å². The number of aliphatic hydroxyl groups excluding tert-OH is 1. The summed E-state index contributed by atoms with van der Waals surface area (Å²) in [6, 6.07) is 0. The van der Waals surface area contributed by atoms with E-state index in [0.717, 1.165) is 96.3 Å². The molecule has 0 spiro atoms. The second kappa shape index (κ2) is 62.5. The molecule has 0 saturated carbocycles. The molecule has 0 amide bonds. The number of carbonyl (C=O) groups excluding carboxylic acids is 4. The van der Waals surface area contributed by atoms with E-state index in [9.17, 15) is 43.2 Å². The molecular formula is C69H134O17P2. The van der Waals surface area contributed by atoms with Gasteiger partial charge < -0.3 is 33.8 Å². The zero-order valence-corrected chi connectivity index (χ0v) is 58.6. The maximum absolute atomic E-state index is 13.0. The number of phosphoric acid groups is 2. The monoisotopic (exact) mass is 1300 g/mol. The lowest BCUT2D eigenvalue weighted by Crippen LogP contribution is -2.30. The first kappa shape index (κ1) is 86.1. The zero-order valence-electron chi connectivity index (χ0n) is 56.9. The van der Waals surface area contributed by atoms with Crippen molar-refractivity contribution in [3.63, 3.8) is 0 Å². The molecule has 17 nitrogen and oxygen atoms in total. The largest absolute Gasteiger partial charge is 0.472 e. The topological polar surface area (TPSA) is 237 Å². The number of hydrogen-bond acceptors (Lipinski definition) is 15. The summed E-state index contributed by atoms with van der Waals surface area (Å²) >= 11 is 0. The Morgan fingerprint density at radius 2 is 0.523 bits per heavy atom. The minimum Gasteiger partial charge on any atom is -0.462 e. The van der Waals surface area contributed by atoms with Gasteiger partial charge in [-0.15, -0.1) is 0 Å². The third-order valence-corrected chi connectivity index (χ3v) is 17.9. The summed E-state index contributed by atoms with van der Waals surface area (Å²) < 4.78 is 68.0. The molecule has 0 fully saturated rings. The van der Waals surface area contributed by atoms with E-state index in [1.54, 1.807) is 0 Å². The van der Waals surface area contributed by atoms with Crippen LogP contribution in [0.1, 0.15) is 356 Å². The van der Waals surface area contributed by atoms with Crippen molar-refractivity contribution in [2.75, 3.05) is 39.6 Å². The van der Waals surface area contributed by atoms with Crippen LogP contribution >= 0.6 is 15.6 Å². The summed E-state index contributed by atoms with van der Waals surface area (Å²) in [7, 11) is -9.88. The van der Waals surface area contributed by atoms with Crippen molar-refractivity contribution < 1.29 is 80.2 Å². The van der Waals surface area contributed by atoms with Crippen LogP contribution in [0.5, 0.6) is 0 Å². The molecule has 0 rings (SSSR count). The van der Waals surface area contributed by atoms with Gasteiger partial charge in [-0.3, -0.25) is 37.3 Å². The first-order valence-electron chi connectivity index (χ1n) is 36.1. The summed E-state index contributed by atoms with van der Waals surface area (Å²) in [5.41, 5.74) is 0. The van der Waals surface area contributed by atoms with Gasteiger partial charge in [0.05, 0.1) is 26.4 Å². The molecule has 19 heteroatoms. The van der Waals surface area contributed by atoms with Crippen molar-refractivity contribution in [2.45, 2.75) is 374 Å². The molecule has 0 bridgehead atoms. The normalized spacial score (nSPS) is 14.1. The molecule has 0 radical (unpaired) electrons. The summed E-state index contributed by atoms with van der Waals surface area (Å²) in [6.07, 6.45) is 49.2. The first-order chi connectivity index (χ1) is 42.5. The Kier molecular flexibility index (Phi) is 61.1. The molecule has 0 aliphatic rings. The molecule has 5 atom stereocenters. The van der Waals surface area contributed by atoms with E-state index in [0.29, 0.717) is 31.6 Å². The molecule has 522 valence electrons. The predicted octanol–water partition coefficient (Wildman–Crippen LogP) is 19.7. The first-order valence-corrected chi connectivity index (χ1v) is 39.1. The van der Waals surface area contributed by atoms with E-state index in [4.69, 9.17) is 37.0 Å². The molecule has 0 aromatic carbocycles. The van der Waals surface area contributed by atoms with Crippen LogP contribution in [0.4, 0.5) is 0 Å². The van der Waals surface area contributed by atoms with Crippen LogP contribution in [-0.4, -0.2) is 96.7 Å². The van der Waals surface area contributed by atoms with Gasteiger partial charge in [-0.05, 0) is 31.6 Å². The highest BCUT2D eigenvalue weighted by molar-refractivity contribution is 7.47. The van der Waals surface area contributed by atoms with Crippen LogP contribution in [-0.2, 0) is 65.4 Å². The molecule has 0 aromatic heterocycles. The fourth-order valence-electron chi connectivity index (χ4n) is 10.5. The Hall–Kier alpha value is -1.94. The quantitative estimate of drug-likeness (QED) is 0.0222. The maximum atomic E-state index is 13.0. The van der Waals surface area contributed by atoms with Crippen molar-refractivity contribution in [3.8, 4) is 0 Å². The lowest BCUT2D eigenvalue weighted by molar-refractivity contribution is -0.161. The highest BCUT2D eigenvalue weighted by atomic mass is 31.2. The van der Waals surface area contributed by atoms with Gasteiger partial charge in [0, 0.05) is 25.7 Å². The zero-order chi connectivity index (χ0) is 64.9. The van der Waals surface area contributed by atoms with Gasteiger partial charge in [0.1, 0.15) is 19.3 Å². The number of carbonyl (C=O) groups is 4. The maximum Gasteiger partial charge on any atom is 0.472 e. The lowest BCUT2D eigenvalue weighted by Gasteiger charge is -2.21. The van der Waals surface area contributed by atoms with Crippen molar-refractivity contribution in [2.24, 2.45) is 5.92 Å². The van der Waals surface area contributed by atoms with Crippen LogP contribution in [0.2, 0.25) is 0 Å². The fraction of sp³-hybridized carbons (Fsp3) is 0.942. The van der Waals surface area contributed by atoms with E-state index in [-0.39, 0.29) is 25.7 Å². The summed E-state index contributed by atoms with van der Waals surface area (Å²) in [5, 5.41) is 10.5.